The molecular weight excluding hydrogens is 314 g/mol. The first-order chi connectivity index (χ1) is 11.0. The van der Waals surface area contributed by atoms with E-state index in [0.29, 0.717) is 16.7 Å². The van der Waals surface area contributed by atoms with Crippen molar-refractivity contribution in [1.82, 2.24) is 10.2 Å². The van der Waals surface area contributed by atoms with E-state index in [1.165, 1.54) is 17.4 Å². The van der Waals surface area contributed by atoms with Gasteiger partial charge in [0, 0.05) is 13.2 Å². The van der Waals surface area contributed by atoms with E-state index in [1.54, 1.807) is 20.3 Å². The SMILES string of the molecule is COCc1nnc(NC(=O)/C=C/c2c(C)cc(OC)cc2C)s1. The van der Waals surface area contributed by atoms with Crippen LogP contribution in [-0.2, 0) is 16.1 Å². The molecule has 1 N–H and O–H groups in total. The Morgan fingerprint density at radius 2 is 1.96 bits per heavy atom. The number of hydrogen-bond acceptors (Lipinski definition) is 6. The Morgan fingerprint density at radius 3 is 2.57 bits per heavy atom. The zero-order valence-electron chi connectivity index (χ0n) is 13.5. The fourth-order valence-electron chi connectivity index (χ4n) is 2.11. The normalized spacial score (nSPS) is 11.0. The molecule has 1 amide bonds. The van der Waals surface area contributed by atoms with Gasteiger partial charge in [-0.2, -0.15) is 0 Å². The van der Waals surface area contributed by atoms with E-state index in [-0.39, 0.29) is 5.91 Å². The van der Waals surface area contributed by atoms with Gasteiger partial charge in [0.05, 0.1) is 7.11 Å². The molecule has 0 radical (unpaired) electrons. The molecule has 0 saturated heterocycles. The Morgan fingerprint density at radius 1 is 1.26 bits per heavy atom. The maximum absolute atomic E-state index is 12.0. The molecule has 23 heavy (non-hydrogen) atoms. The number of carbonyl (C=O) groups excluding carboxylic acids is 1. The highest BCUT2D eigenvalue weighted by atomic mass is 32.1. The molecule has 122 valence electrons. The van der Waals surface area contributed by atoms with Crippen LogP contribution >= 0.6 is 11.3 Å². The summed E-state index contributed by atoms with van der Waals surface area (Å²) in [5.74, 6) is 0.556. The van der Waals surface area contributed by atoms with E-state index in [4.69, 9.17) is 9.47 Å². The highest BCUT2D eigenvalue weighted by molar-refractivity contribution is 7.15. The van der Waals surface area contributed by atoms with Gasteiger partial charge in [0.2, 0.25) is 11.0 Å². The van der Waals surface area contributed by atoms with Crippen molar-refractivity contribution in [2.24, 2.45) is 0 Å². The summed E-state index contributed by atoms with van der Waals surface area (Å²) >= 11 is 1.29. The Balaban J connectivity index is 2.06. The lowest BCUT2D eigenvalue weighted by molar-refractivity contribution is -0.111. The molecule has 0 bridgehead atoms. The smallest absolute Gasteiger partial charge is 0.250 e. The molecule has 2 rings (SSSR count). The number of ether oxygens (including phenoxy) is 2. The first-order valence-corrected chi connectivity index (χ1v) is 7.80. The van der Waals surface area contributed by atoms with Crippen molar-refractivity contribution in [3.63, 3.8) is 0 Å². The highest BCUT2D eigenvalue weighted by Crippen LogP contribution is 2.23. The number of hydrogen-bond donors (Lipinski definition) is 1. The van der Waals surface area contributed by atoms with Crippen LogP contribution in [0.2, 0.25) is 0 Å². The number of aryl methyl sites for hydroxylation is 2. The molecule has 1 aromatic carbocycles. The Kier molecular flexibility index (Phi) is 5.84. The molecule has 0 aliphatic heterocycles. The van der Waals surface area contributed by atoms with Crippen LogP contribution in [0, 0.1) is 13.8 Å². The third-order valence-electron chi connectivity index (χ3n) is 3.17. The Bertz CT molecular complexity index is 702. The number of carbonyl (C=O) groups is 1. The van der Waals surface area contributed by atoms with Crippen LogP contribution in [0.15, 0.2) is 18.2 Å². The van der Waals surface area contributed by atoms with E-state index < -0.39 is 0 Å². The number of nitrogens with one attached hydrogen (secondary N) is 1. The summed E-state index contributed by atoms with van der Waals surface area (Å²) in [6, 6.07) is 3.87. The van der Waals surface area contributed by atoms with Crippen LogP contribution in [-0.4, -0.2) is 30.3 Å². The minimum atomic E-state index is -0.250. The van der Waals surface area contributed by atoms with Crippen molar-refractivity contribution in [2.75, 3.05) is 19.5 Å². The second-order valence-corrected chi connectivity index (χ2v) is 5.99. The van der Waals surface area contributed by atoms with Gasteiger partial charge in [0.1, 0.15) is 17.4 Å². The molecule has 6 nitrogen and oxygen atoms in total. The van der Waals surface area contributed by atoms with Crippen LogP contribution in [0.5, 0.6) is 5.75 Å². The predicted octanol–water partition coefficient (Wildman–Crippen LogP) is 2.96. The van der Waals surface area contributed by atoms with Crippen LogP contribution < -0.4 is 10.1 Å². The summed E-state index contributed by atoms with van der Waals surface area (Å²) in [7, 11) is 3.22. The lowest BCUT2D eigenvalue weighted by Gasteiger charge is -2.08. The summed E-state index contributed by atoms with van der Waals surface area (Å²) in [6.07, 6.45) is 3.27. The zero-order valence-corrected chi connectivity index (χ0v) is 14.4. The topological polar surface area (TPSA) is 73.3 Å². The average molecular weight is 333 g/mol. The van der Waals surface area contributed by atoms with Gasteiger partial charge >= 0.3 is 0 Å². The lowest BCUT2D eigenvalue weighted by Crippen LogP contribution is -2.07. The summed E-state index contributed by atoms with van der Waals surface area (Å²) in [5.41, 5.74) is 3.09. The van der Waals surface area contributed by atoms with Gasteiger partial charge in [-0.15, -0.1) is 10.2 Å². The number of amides is 1. The van der Waals surface area contributed by atoms with Crippen LogP contribution in [0.25, 0.3) is 6.08 Å². The number of aromatic nitrogens is 2. The van der Waals surface area contributed by atoms with Crippen molar-refractivity contribution in [1.29, 1.82) is 0 Å². The second kappa shape index (κ2) is 7.85. The molecule has 0 unspecified atom stereocenters. The predicted molar refractivity (Wildman–Crippen MR) is 90.8 cm³/mol. The third kappa shape index (κ3) is 4.61. The second-order valence-electron chi connectivity index (χ2n) is 4.93. The molecule has 1 heterocycles. The maximum atomic E-state index is 12.0. The maximum Gasteiger partial charge on any atom is 0.250 e. The fraction of sp³-hybridized carbons (Fsp3) is 0.312. The number of methoxy groups -OCH3 is 2. The molecule has 7 heteroatoms. The fourth-order valence-corrected chi connectivity index (χ4v) is 2.82. The van der Waals surface area contributed by atoms with Crippen molar-refractivity contribution in [3.05, 3.63) is 39.9 Å². The monoisotopic (exact) mass is 333 g/mol. The molecule has 2 aromatic rings. The molecule has 0 spiro atoms. The van der Waals surface area contributed by atoms with Crippen molar-refractivity contribution in [2.45, 2.75) is 20.5 Å². The molecular formula is C16H19N3O3S. The number of nitrogens with zero attached hydrogens (tertiary/aromatic N) is 2. The molecule has 0 fully saturated rings. The first-order valence-electron chi connectivity index (χ1n) is 6.99. The minimum Gasteiger partial charge on any atom is -0.497 e. The first kappa shape index (κ1) is 17.1. The molecule has 0 aliphatic rings. The van der Waals surface area contributed by atoms with E-state index in [1.807, 2.05) is 26.0 Å². The van der Waals surface area contributed by atoms with Gasteiger partial charge in [-0.3, -0.25) is 10.1 Å². The average Bonchev–Trinajstić information content (AvgIpc) is 2.93. The molecule has 0 aliphatic carbocycles. The van der Waals surface area contributed by atoms with Crippen molar-refractivity contribution < 1.29 is 14.3 Å². The van der Waals surface area contributed by atoms with Crippen LogP contribution in [0.1, 0.15) is 21.7 Å². The van der Waals surface area contributed by atoms with E-state index in [2.05, 4.69) is 15.5 Å². The minimum absolute atomic E-state index is 0.250. The Labute approximate surface area is 139 Å². The molecule has 1 aromatic heterocycles. The largest absolute Gasteiger partial charge is 0.497 e. The number of rotatable bonds is 6. The van der Waals surface area contributed by atoms with Gasteiger partial charge in [-0.25, -0.2) is 0 Å². The highest BCUT2D eigenvalue weighted by Gasteiger charge is 2.07. The van der Waals surface area contributed by atoms with E-state index in [9.17, 15) is 4.79 Å². The summed E-state index contributed by atoms with van der Waals surface area (Å²) in [6.45, 7) is 4.34. The summed E-state index contributed by atoms with van der Waals surface area (Å²) in [5, 5.41) is 11.7. The van der Waals surface area contributed by atoms with Gasteiger partial charge in [-0.05, 0) is 48.7 Å². The van der Waals surface area contributed by atoms with E-state index in [0.717, 1.165) is 22.4 Å². The third-order valence-corrected chi connectivity index (χ3v) is 3.98. The van der Waals surface area contributed by atoms with Crippen LogP contribution in [0.4, 0.5) is 5.13 Å². The summed E-state index contributed by atoms with van der Waals surface area (Å²) < 4.78 is 10.2. The van der Waals surface area contributed by atoms with Crippen molar-refractivity contribution >= 4 is 28.5 Å². The molecule has 0 atom stereocenters. The van der Waals surface area contributed by atoms with Crippen molar-refractivity contribution in [3.8, 4) is 5.75 Å². The lowest BCUT2D eigenvalue weighted by atomic mass is 10.0. The van der Waals surface area contributed by atoms with Gasteiger partial charge in [0.25, 0.3) is 0 Å². The quantitative estimate of drug-likeness (QED) is 0.823. The number of anilines is 1. The van der Waals surface area contributed by atoms with Crippen LogP contribution in [0.3, 0.4) is 0 Å². The number of benzene rings is 1. The molecule has 0 saturated carbocycles. The summed E-state index contributed by atoms with van der Waals surface area (Å²) in [4.78, 5) is 12.0. The zero-order chi connectivity index (χ0) is 16.8. The van der Waals surface area contributed by atoms with Gasteiger partial charge in [-0.1, -0.05) is 11.3 Å². The Hall–Kier alpha value is -2.25. The standard InChI is InChI=1S/C16H19N3O3S/c1-10-7-12(22-4)8-11(2)13(10)5-6-14(20)17-16-19-18-15(23-16)9-21-3/h5-8H,9H2,1-4H3,(H,17,19,20)/b6-5+. The van der Waals surface area contributed by atoms with E-state index >= 15 is 0 Å². The van der Waals surface area contributed by atoms with Gasteiger partial charge < -0.3 is 9.47 Å². The van der Waals surface area contributed by atoms with Gasteiger partial charge in [0.15, 0.2) is 0 Å².